The third kappa shape index (κ3) is 3.97. The number of benzene rings is 2. The molecule has 1 aliphatic rings. The van der Waals surface area contributed by atoms with E-state index in [0.29, 0.717) is 6.54 Å². The Morgan fingerprint density at radius 1 is 1.12 bits per heavy atom. The molecule has 0 saturated carbocycles. The molecule has 1 amide bonds. The maximum atomic E-state index is 12.3. The molecule has 2 aromatic rings. The maximum Gasteiger partial charge on any atom is 0.261 e. The van der Waals surface area contributed by atoms with Crippen LogP contribution in [0.4, 0.5) is 0 Å². The fraction of sp³-hybridized carbons (Fsp3) is 0.381. The zero-order valence-corrected chi connectivity index (χ0v) is 14.5. The van der Waals surface area contributed by atoms with Gasteiger partial charge in [-0.25, -0.2) is 0 Å². The Kier molecular flexibility index (Phi) is 5.19. The average Bonchev–Trinajstić information content (AvgIpc) is 2.61. The van der Waals surface area contributed by atoms with Crippen LogP contribution < -0.4 is 10.1 Å². The minimum absolute atomic E-state index is 0.0796. The predicted octanol–water partition coefficient (Wildman–Crippen LogP) is 3.96. The molecule has 0 aliphatic heterocycles. The molecule has 3 rings (SSSR count). The van der Waals surface area contributed by atoms with E-state index in [1.807, 2.05) is 31.2 Å². The molecular weight excluding hydrogens is 298 g/mol. The summed E-state index contributed by atoms with van der Waals surface area (Å²) in [4.78, 5) is 12.3. The molecule has 0 spiro atoms. The molecule has 0 unspecified atom stereocenters. The van der Waals surface area contributed by atoms with E-state index in [-0.39, 0.29) is 5.91 Å². The number of nitrogens with one attached hydrogen (secondary N) is 1. The quantitative estimate of drug-likeness (QED) is 0.904. The van der Waals surface area contributed by atoms with Gasteiger partial charge in [-0.05, 0) is 62.3 Å². The van der Waals surface area contributed by atoms with Crippen LogP contribution in [-0.4, -0.2) is 12.0 Å². The molecule has 0 saturated heterocycles. The average molecular weight is 323 g/mol. The molecule has 0 bridgehead atoms. The summed E-state index contributed by atoms with van der Waals surface area (Å²) in [7, 11) is 0. The number of carbonyl (C=O) groups excluding carboxylic acids is 1. The van der Waals surface area contributed by atoms with Crippen molar-refractivity contribution < 1.29 is 9.53 Å². The molecule has 1 N–H and O–H groups in total. The second-order valence-electron chi connectivity index (χ2n) is 6.56. The van der Waals surface area contributed by atoms with Crippen LogP contribution in [0.25, 0.3) is 0 Å². The lowest BCUT2D eigenvalue weighted by Crippen LogP contribution is -2.36. The molecule has 126 valence electrons. The lowest BCUT2D eigenvalue weighted by Gasteiger charge is -2.22. The van der Waals surface area contributed by atoms with Crippen LogP contribution in [0, 0.1) is 6.92 Å². The topological polar surface area (TPSA) is 38.3 Å². The van der Waals surface area contributed by atoms with Crippen LogP contribution in [0.3, 0.4) is 0 Å². The van der Waals surface area contributed by atoms with Gasteiger partial charge >= 0.3 is 0 Å². The van der Waals surface area contributed by atoms with Crippen molar-refractivity contribution in [2.75, 3.05) is 0 Å². The minimum Gasteiger partial charge on any atom is -0.481 e. The van der Waals surface area contributed by atoms with E-state index in [4.69, 9.17) is 4.74 Å². The molecule has 0 aromatic heterocycles. The van der Waals surface area contributed by atoms with Gasteiger partial charge in [0.05, 0.1) is 0 Å². The first-order valence-corrected chi connectivity index (χ1v) is 8.74. The van der Waals surface area contributed by atoms with Gasteiger partial charge in [-0.3, -0.25) is 4.79 Å². The van der Waals surface area contributed by atoms with Crippen LogP contribution in [0.5, 0.6) is 5.75 Å². The van der Waals surface area contributed by atoms with Gasteiger partial charge in [-0.1, -0.05) is 42.0 Å². The molecule has 3 nitrogen and oxygen atoms in total. The van der Waals surface area contributed by atoms with Crippen molar-refractivity contribution in [2.24, 2.45) is 0 Å². The Hall–Kier alpha value is -2.29. The van der Waals surface area contributed by atoms with Gasteiger partial charge in [0.25, 0.3) is 5.91 Å². The van der Waals surface area contributed by atoms with Crippen molar-refractivity contribution in [3.8, 4) is 5.75 Å². The summed E-state index contributed by atoms with van der Waals surface area (Å²) in [5.41, 5.74) is 4.96. The number of aryl methyl sites for hydroxylation is 2. The van der Waals surface area contributed by atoms with Crippen LogP contribution in [-0.2, 0) is 24.2 Å². The summed E-state index contributed by atoms with van der Waals surface area (Å²) in [5.74, 6) is 0.786. The molecule has 3 heteroatoms. The third-order valence-corrected chi connectivity index (χ3v) is 4.61. The van der Waals surface area contributed by atoms with E-state index >= 15 is 0 Å². The Bertz CT molecular complexity index is 706. The zero-order valence-electron chi connectivity index (χ0n) is 14.5. The van der Waals surface area contributed by atoms with Gasteiger partial charge in [0.1, 0.15) is 5.75 Å². The Morgan fingerprint density at radius 3 is 2.67 bits per heavy atom. The number of ether oxygens (including phenoxy) is 1. The normalized spacial score (nSPS) is 14.6. The van der Waals surface area contributed by atoms with Crippen LogP contribution in [0.2, 0.25) is 0 Å². The van der Waals surface area contributed by atoms with E-state index in [0.717, 1.165) is 24.2 Å². The number of carbonyl (C=O) groups is 1. The first-order chi connectivity index (χ1) is 11.6. The lowest BCUT2D eigenvalue weighted by molar-refractivity contribution is -0.127. The fourth-order valence-electron chi connectivity index (χ4n) is 3.14. The highest BCUT2D eigenvalue weighted by Gasteiger charge is 2.19. The Labute approximate surface area is 144 Å². The van der Waals surface area contributed by atoms with Crippen molar-refractivity contribution in [3.05, 3.63) is 64.7 Å². The van der Waals surface area contributed by atoms with Gasteiger partial charge in [0.15, 0.2) is 6.10 Å². The number of hydrogen-bond donors (Lipinski definition) is 1. The Balaban J connectivity index is 1.59. The molecule has 24 heavy (non-hydrogen) atoms. The lowest BCUT2D eigenvalue weighted by atomic mass is 9.91. The number of hydrogen-bond acceptors (Lipinski definition) is 2. The number of amides is 1. The van der Waals surface area contributed by atoms with Gasteiger partial charge in [0, 0.05) is 6.54 Å². The predicted molar refractivity (Wildman–Crippen MR) is 96.2 cm³/mol. The van der Waals surface area contributed by atoms with Crippen molar-refractivity contribution in [1.29, 1.82) is 0 Å². The standard InChI is InChI=1S/C21H25NO2/c1-15-10-12-17(13-11-15)14-22-21(23)16(2)24-20-9-5-7-18-6-3-4-8-19(18)20/h5,7,9-13,16H,3-4,6,8,14H2,1-2H3,(H,22,23)/t16-/m1/s1. The van der Waals surface area contributed by atoms with Crippen molar-refractivity contribution in [2.45, 2.75) is 52.2 Å². The zero-order chi connectivity index (χ0) is 16.9. The van der Waals surface area contributed by atoms with E-state index in [1.54, 1.807) is 0 Å². The van der Waals surface area contributed by atoms with Crippen molar-refractivity contribution in [1.82, 2.24) is 5.32 Å². The molecule has 0 heterocycles. The Morgan fingerprint density at radius 2 is 1.88 bits per heavy atom. The van der Waals surface area contributed by atoms with Gasteiger partial charge < -0.3 is 10.1 Å². The second kappa shape index (κ2) is 7.52. The van der Waals surface area contributed by atoms with Gasteiger partial charge in [-0.15, -0.1) is 0 Å². The first-order valence-electron chi connectivity index (χ1n) is 8.74. The molecule has 2 aromatic carbocycles. The monoisotopic (exact) mass is 323 g/mol. The summed E-state index contributed by atoms with van der Waals surface area (Å²) >= 11 is 0. The number of rotatable bonds is 5. The second-order valence-corrected chi connectivity index (χ2v) is 6.56. The smallest absolute Gasteiger partial charge is 0.261 e. The van der Waals surface area contributed by atoms with Crippen LogP contribution in [0.1, 0.15) is 42.0 Å². The fourth-order valence-corrected chi connectivity index (χ4v) is 3.14. The maximum absolute atomic E-state index is 12.3. The summed E-state index contributed by atoms with van der Waals surface area (Å²) in [6.45, 7) is 4.39. The summed E-state index contributed by atoms with van der Waals surface area (Å²) in [6, 6.07) is 14.4. The highest BCUT2D eigenvalue weighted by atomic mass is 16.5. The van der Waals surface area contributed by atoms with E-state index in [2.05, 4.69) is 30.4 Å². The first kappa shape index (κ1) is 16.6. The molecular formula is C21H25NO2. The van der Waals surface area contributed by atoms with Crippen molar-refractivity contribution in [3.63, 3.8) is 0 Å². The highest BCUT2D eigenvalue weighted by molar-refractivity contribution is 5.80. The van der Waals surface area contributed by atoms with Gasteiger partial charge in [-0.2, -0.15) is 0 Å². The molecule has 1 atom stereocenters. The van der Waals surface area contributed by atoms with E-state index in [9.17, 15) is 4.79 Å². The highest BCUT2D eigenvalue weighted by Crippen LogP contribution is 2.30. The van der Waals surface area contributed by atoms with Crippen molar-refractivity contribution >= 4 is 5.91 Å². The van der Waals surface area contributed by atoms with Gasteiger partial charge in [0.2, 0.25) is 0 Å². The largest absolute Gasteiger partial charge is 0.481 e. The third-order valence-electron chi connectivity index (χ3n) is 4.61. The molecule has 0 fully saturated rings. The SMILES string of the molecule is Cc1ccc(CNC(=O)[C@@H](C)Oc2cccc3c2CCCC3)cc1. The number of fused-ring (bicyclic) bond motifs is 1. The summed E-state index contributed by atoms with van der Waals surface area (Å²) in [6.07, 6.45) is 4.10. The van der Waals surface area contributed by atoms with Crippen LogP contribution >= 0.6 is 0 Å². The summed E-state index contributed by atoms with van der Waals surface area (Å²) < 4.78 is 5.97. The van der Waals surface area contributed by atoms with E-state index in [1.165, 1.54) is 29.5 Å². The van der Waals surface area contributed by atoms with Crippen LogP contribution in [0.15, 0.2) is 42.5 Å². The molecule has 0 radical (unpaired) electrons. The molecule has 1 aliphatic carbocycles. The summed E-state index contributed by atoms with van der Waals surface area (Å²) in [5, 5.41) is 2.95. The van der Waals surface area contributed by atoms with E-state index < -0.39 is 6.10 Å². The minimum atomic E-state index is -0.496.